The van der Waals surface area contributed by atoms with E-state index in [1.165, 1.54) is 0 Å². The largest absolute Gasteiger partial charge is 0.497 e. The third-order valence-electron chi connectivity index (χ3n) is 4.51. The molecule has 1 saturated heterocycles. The molecule has 0 aliphatic carbocycles. The lowest BCUT2D eigenvalue weighted by atomic mass is 10.0. The molecule has 6 heteroatoms. The number of nitrogens with one attached hydrogen (secondary N) is 1. The van der Waals surface area contributed by atoms with E-state index in [0.29, 0.717) is 6.54 Å². The first-order valence-electron chi connectivity index (χ1n) is 8.20. The number of hydrogen-bond donors (Lipinski definition) is 1. The zero-order valence-corrected chi connectivity index (χ0v) is 14.3. The zero-order chi connectivity index (χ0) is 17.1. The second-order valence-corrected chi connectivity index (χ2v) is 6.10. The predicted octanol–water partition coefficient (Wildman–Crippen LogP) is 3.35. The SMILES string of the molecule is COc1cccc(CNC(=O)N2CCCC2c2c(C)noc2C)c1. The standard InChI is InChI=1S/C18H23N3O3/c1-12-17(13(2)24-20-12)16-8-5-9-21(16)18(22)19-11-14-6-4-7-15(10-14)23-3/h4,6-7,10,16H,5,8-9,11H2,1-3H3,(H,19,22). The van der Waals surface area contributed by atoms with Gasteiger partial charge >= 0.3 is 6.03 Å². The molecule has 0 spiro atoms. The summed E-state index contributed by atoms with van der Waals surface area (Å²) in [5.41, 5.74) is 2.92. The van der Waals surface area contributed by atoms with Gasteiger partial charge in [0.05, 0.1) is 18.8 Å². The lowest BCUT2D eigenvalue weighted by Crippen LogP contribution is -2.39. The van der Waals surface area contributed by atoms with Gasteiger partial charge in [-0.25, -0.2) is 4.79 Å². The van der Waals surface area contributed by atoms with Crippen molar-refractivity contribution in [3.63, 3.8) is 0 Å². The van der Waals surface area contributed by atoms with Gasteiger partial charge in [-0.05, 0) is 44.4 Å². The number of nitrogens with zero attached hydrogens (tertiary/aromatic N) is 2. The number of aromatic nitrogens is 1. The summed E-state index contributed by atoms with van der Waals surface area (Å²) < 4.78 is 10.5. The first kappa shape index (κ1) is 16.4. The molecule has 1 aliphatic heterocycles. The predicted molar refractivity (Wildman–Crippen MR) is 89.9 cm³/mol. The first-order valence-corrected chi connectivity index (χ1v) is 8.20. The van der Waals surface area contributed by atoms with Crippen LogP contribution < -0.4 is 10.1 Å². The summed E-state index contributed by atoms with van der Waals surface area (Å²) in [6.45, 7) is 5.05. The molecule has 1 N–H and O–H groups in total. The zero-order valence-electron chi connectivity index (χ0n) is 14.3. The van der Waals surface area contributed by atoms with Gasteiger partial charge < -0.3 is 19.5 Å². The monoisotopic (exact) mass is 329 g/mol. The molecule has 1 atom stereocenters. The Labute approximate surface area is 141 Å². The average Bonchev–Trinajstić information content (AvgIpc) is 3.19. The molecule has 1 unspecified atom stereocenters. The number of likely N-dealkylation sites (tertiary alicyclic amines) is 1. The molecule has 2 heterocycles. The summed E-state index contributed by atoms with van der Waals surface area (Å²) in [6.07, 6.45) is 1.93. The van der Waals surface area contributed by atoms with Gasteiger partial charge in [-0.1, -0.05) is 17.3 Å². The van der Waals surface area contributed by atoms with Crippen molar-refractivity contribution in [1.29, 1.82) is 0 Å². The van der Waals surface area contributed by atoms with Crippen LogP contribution in [0.2, 0.25) is 0 Å². The van der Waals surface area contributed by atoms with Gasteiger partial charge in [0.1, 0.15) is 11.5 Å². The second kappa shape index (κ2) is 6.95. The van der Waals surface area contributed by atoms with Crippen LogP contribution in [0, 0.1) is 13.8 Å². The van der Waals surface area contributed by atoms with E-state index in [0.717, 1.165) is 47.7 Å². The first-order chi connectivity index (χ1) is 11.6. The topological polar surface area (TPSA) is 67.6 Å². The van der Waals surface area contributed by atoms with Gasteiger partial charge in [0, 0.05) is 18.7 Å². The molecule has 128 valence electrons. The lowest BCUT2D eigenvalue weighted by molar-refractivity contribution is 0.192. The molecule has 1 fully saturated rings. The summed E-state index contributed by atoms with van der Waals surface area (Å²) in [5, 5.41) is 7.02. The van der Waals surface area contributed by atoms with E-state index in [9.17, 15) is 4.79 Å². The Kier molecular flexibility index (Phi) is 4.74. The summed E-state index contributed by atoms with van der Waals surface area (Å²) in [7, 11) is 1.64. The van der Waals surface area contributed by atoms with E-state index in [-0.39, 0.29) is 12.1 Å². The van der Waals surface area contributed by atoms with Gasteiger partial charge in [0.2, 0.25) is 0 Å². The van der Waals surface area contributed by atoms with Crippen molar-refractivity contribution < 1.29 is 14.1 Å². The number of benzene rings is 1. The highest BCUT2D eigenvalue weighted by Crippen LogP contribution is 2.35. The molecule has 0 bridgehead atoms. The van der Waals surface area contributed by atoms with Crippen LogP contribution in [0.15, 0.2) is 28.8 Å². The Bertz CT molecular complexity index is 707. The molecule has 1 aromatic carbocycles. The van der Waals surface area contributed by atoms with E-state index in [1.807, 2.05) is 43.0 Å². The summed E-state index contributed by atoms with van der Waals surface area (Å²) >= 11 is 0. The Morgan fingerprint density at radius 3 is 3.00 bits per heavy atom. The van der Waals surface area contributed by atoms with E-state index in [2.05, 4.69) is 10.5 Å². The van der Waals surface area contributed by atoms with Crippen LogP contribution in [-0.4, -0.2) is 29.7 Å². The van der Waals surface area contributed by atoms with Crippen LogP contribution in [0.4, 0.5) is 4.79 Å². The number of ether oxygens (including phenoxy) is 1. The van der Waals surface area contributed by atoms with Crippen molar-refractivity contribution in [3.8, 4) is 5.75 Å². The van der Waals surface area contributed by atoms with Gasteiger partial charge in [-0.15, -0.1) is 0 Å². The molecule has 0 saturated carbocycles. The van der Waals surface area contributed by atoms with Gasteiger partial charge in [-0.3, -0.25) is 0 Å². The number of amides is 2. The Balaban J connectivity index is 1.68. The highest BCUT2D eigenvalue weighted by Gasteiger charge is 2.33. The molecular weight excluding hydrogens is 306 g/mol. The van der Waals surface area contributed by atoms with Crippen LogP contribution >= 0.6 is 0 Å². The molecule has 3 rings (SSSR count). The lowest BCUT2D eigenvalue weighted by Gasteiger charge is -2.25. The molecule has 6 nitrogen and oxygen atoms in total. The summed E-state index contributed by atoms with van der Waals surface area (Å²) in [6, 6.07) is 7.69. The third-order valence-corrected chi connectivity index (χ3v) is 4.51. The van der Waals surface area contributed by atoms with Crippen molar-refractivity contribution in [3.05, 3.63) is 46.8 Å². The smallest absolute Gasteiger partial charge is 0.318 e. The maximum Gasteiger partial charge on any atom is 0.318 e. The van der Waals surface area contributed by atoms with Crippen molar-refractivity contribution >= 4 is 6.03 Å². The van der Waals surface area contributed by atoms with E-state index >= 15 is 0 Å². The Morgan fingerprint density at radius 2 is 2.29 bits per heavy atom. The molecule has 1 aromatic heterocycles. The van der Waals surface area contributed by atoms with Crippen LogP contribution in [0.5, 0.6) is 5.75 Å². The van der Waals surface area contributed by atoms with E-state index in [4.69, 9.17) is 9.26 Å². The van der Waals surface area contributed by atoms with Crippen LogP contribution in [0.3, 0.4) is 0 Å². The summed E-state index contributed by atoms with van der Waals surface area (Å²) in [4.78, 5) is 14.5. The van der Waals surface area contributed by atoms with Gasteiger partial charge in [0.15, 0.2) is 0 Å². The molecule has 0 radical (unpaired) electrons. The number of rotatable bonds is 4. The van der Waals surface area contributed by atoms with Crippen molar-refractivity contribution in [2.24, 2.45) is 0 Å². The van der Waals surface area contributed by atoms with E-state index in [1.54, 1.807) is 7.11 Å². The van der Waals surface area contributed by atoms with E-state index < -0.39 is 0 Å². The number of carbonyl (C=O) groups excluding carboxylic acids is 1. The van der Waals surface area contributed by atoms with Crippen molar-refractivity contribution in [2.45, 2.75) is 39.3 Å². The maximum atomic E-state index is 12.6. The minimum atomic E-state index is -0.0553. The molecule has 1 aliphatic rings. The Morgan fingerprint density at radius 1 is 1.46 bits per heavy atom. The minimum Gasteiger partial charge on any atom is -0.497 e. The van der Waals surface area contributed by atoms with Gasteiger partial charge in [-0.2, -0.15) is 0 Å². The third kappa shape index (κ3) is 3.22. The minimum absolute atomic E-state index is 0.0431. The quantitative estimate of drug-likeness (QED) is 0.934. The number of aryl methyl sites for hydroxylation is 2. The normalized spacial score (nSPS) is 17.1. The van der Waals surface area contributed by atoms with Crippen molar-refractivity contribution in [2.75, 3.05) is 13.7 Å². The summed E-state index contributed by atoms with van der Waals surface area (Å²) in [5.74, 6) is 1.58. The fraction of sp³-hybridized carbons (Fsp3) is 0.444. The highest BCUT2D eigenvalue weighted by atomic mass is 16.5. The second-order valence-electron chi connectivity index (χ2n) is 6.10. The number of hydrogen-bond acceptors (Lipinski definition) is 4. The highest BCUT2D eigenvalue weighted by molar-refractivity contribution is 5.75. The fourth-order valence-corrected chi connectivity index (χ4v) is 3.34. The number of urea groups is 1. The van der Waals surface area contributed by atoms with Crippen molar-refractivity contribution in [1.82, 2.24) is 15.4 Å². The van der Waals surface area contributed by atoms with Crippen LogP contribution in [-0.2, 0) is 6.54 Å². The molecular formula is C18H23N3O3. The average molecular weight is 329 g/mol. The number of methoxy groups -OCH3 is 1. The van der Waals surface area contributed by atoms with Crippen LogP contribution in [0.25, 0.3) is 0 Å². The molecule has 2 aromatic rings. The van der Waals surface area contributed by atoms with Gasteiger partial charge in [0.25, 0.3) is 0 Å². The van der Waals surface area contributed by atoms with Crippen LogP contribution in [0.1, 0.15) is 41.5 Å². The number of carbonyl (C=O) groups is 1. The maximum absolute atomic E-state index is 12.6. The molecule has 2 amide bonds. The molecule has 24 heavy (non-hydrogen) atoms. The fourth-order valence-electron chi connectivity index (χ4n) is 3.34. The Hall–Kier alpha value is -2.50.